The van der Waals surface area contributed by atoms with Crippen molar-refractivity contribution in [3.8, 4) is 5.75 Å². The third-order valence-corrected chi connectivity index (χ3v) is 5.30. The summed E-state index contributed by atoms with van der Waals surface area (Å²) in [5.41, 5.74) is 1.61. The Morgan fingerprint density at radius 2 is 1.37 bits per heavy atom. The van der Waals surface area contributed by atoms with Gasteiger partial charge in [0.2, 0.25) is 0 Å². The Labute approximate surface area is 186 Å². The first-order valence-electron chi connectivity index (χ1n) is 8.75. The van der Waals surface area contributed by atoms with E-state index in [0.29, 0.717) is 27.4 Å². The van der Waals surface area contributed by atoms with Gasteiger partial charge in [-0.2, -0.15) is 0 Å². The molecule has 0 aliphatic heterocycles. The lowest BCUT2D eigenvalue weighted by molar-refractivity contribution is -0.118. The number of carbonyl (C=O) groups excluding carboxylic acids is 3. The molecule has 1 N–H and O–H groups in total. The molecule has 3 aromatic rings. The number of ether oxygens (including phenoxy) is 1. The average molecular weight is 461 g/mol. The third kappa shape index (κ3) is 3.79. The maximum Gasteiger partial charge on any atom is 0.262 e. The molecule has 0 atom stereocenters. The van der Waals surface area contributed by atoms with Gasteiger partial charge in [-0.3, -0.25) is 14.4 Å². The van der Waals surface area contributed by atoms with Crippen molar-refractivity contribution in [2.75, 3.05) is 11.9 Å². The van der Waals surface area contributed by atoms with E-state index in [4.69, 9.17) is 39.5 Å². The van der Waals surface area contributed by atoms with Crippen LogP contribution in [0.1, 0.15) is 31.8 Å². The molecule has 1 amide bonds. The van der Waals surface area contributed by atoms with Crippen LogP contribution < -0.4 is 10.1 Å². The highest BCUT2D eigenvalue weighted by molar-refractivity contribution is 6.40. The minimum absolute atomic E-state index is 0.140. The molecule has 0 fully saturated rings. The smallest absolute Gasteiger partial charge is 0.262 e. The Bertz CT molecular complexity index is 1200. The number of hydrogen-bond donors (Lipinski definition) is 1. The van der Waals surface area contributed by atoms with Gasteiger partial charge in [0.15, 0.2) is 23.9 Å². The lowest BCUT2D eigenvalue weighted by Crippen LogP contribution is -2.23. The van der Waals surface area contributed by atoms with Gasteiger partial charge in [-0.05, 0) is 30.3 Å². The van der Waals surface area contributed by atoms with Gasteiger partial charge in [-0.1, -0.05) is 59.1 Å². The van der Waals surface area contributed by atoms with E-state index >= 15 is 0 Å². The van der Waals surface area contributed by atoms with Crippen LogP contribution in [0.2, 0.25) is 15.1 Å². The van der Waals surface area contributed by atoms with Crippen molar-refractivity contribution >= 4 is 58.0 Å². The van der Waals surface area contributed by atoms with Crippen molar-refractivity contribution in [3.05, 3.63) is 91.9 Å². The number of hydrogen-bond acceptors (Lipinski definition) is 4. The zero-order valence-corrected chi connectivity index (χ0v) is 17.4. The molecule has 3 aromatic carbocycles. The van der Waals surface area contributed by atoms with E-state index in [-0.39, 0.29) is 39.5 Å². The largest absolute Gasteiger partial charge is 0.481 e. The number of fused-ring (bicyclic) bond motifs is 2. The first-order chi connectivity index (χ1) is 14.3. The molecule has 0 unspecified atom stereocenters. The van der Waals surface area contributed by atoms with Gasteiger partial charge in [0.05, 0.1) is 10.0 Å². The predicted molar refractivity (Wildman–Crippen MR) is 115 cm³/mol. The van der Waals surface area contributed by atoms with Crippen molar-refractivity contribution in [2.24, 2.45) is 0 Å². The summed E-state index contributed by atoms with van der Waals surface area (Å²) in [5.74, 6) is -0.853. The lowest BCUT2D eigenvalue weighted by atomic mass is 9.84. The molecule has 4 rings (SSSR count). The number of rotatable bonds is 4. The second kappa shape index (κ2) is 8.11. The summed E-state index contributed by atoms with van der Waals surface area (Å²) in [6, 6.07) is 14.1. The Morgan fingerprint density at radius 1 is 0.800 bits per heavy atom. The zero-order chi connectivity index (χ0) is 21.4. The molecule has 30 heavy (non-hydrogen) atoms. The average Bonchev–Trinajstić information content (AvgIpc) is 2.71. The van der Waals surface area contributed by atoms with E-state index in [1.165, 1.54) is 24.3 Å². The summed E-state index contributed by atoms with van der Waals surface area (Å²) in [7, 11) is 0. The van der Waals surface area contributed by atoms with Gasteiger partial charge in [0.1, 0.15) is 0 Å². The summed E-state index contributed by atoms with van der Waals surface area (Å²) < 4.78 is 5.40. The minimum atomic E-state index is -0.494. The molecule has 0 spiro atoms. The number of amides is 1. The minimum Gasteiger partial charge on any atom is -0.481 e. The van der Waals surface area contributed by atoms with Crippen LogP contribution in [0.3, 0.4) is 0 Å². The number of benzene rings is 3. The SMILES string of the molecule is O=C(COc1c(Cl)cc(Cl)cc1Cl)Nc1ccc2c(c1)C(=O)c1ccccc1C2=O. The molecule has 1 aliphatic rings. The van der Waals surface area contributed by atoms with E-state index < -0.39 is 5.91 Å². The molecule has 1 aliphatic carbocycles. The predicted octanol–water partition coefficient (Wildman–Crippen LogP) is 5.44. The number of anilines is 1. The number of nitrogens with one attached hydrogen (secondary N) is 1. The number of carbonyl (C=O) groups is 3. The quantitative estimate of drug-likeness (QED) is 0.440. The van der Waals surface area contributed by atoms with Crippen LogP contribution in [-0.2, 0) is 4.79 Å². The summed E-state index contributed by atoms with van der Waals surface area (Å²) in [6.45, 7) is -0.367. The summed E-state index contributed by atoms with van der Waals surface area (Å²) >= 11 is 17.9. The zero-order valence-electron chi connectivity index (χ0n) is 15.2. The lowest BCUT2D eigenvalue weighted by Gasteiger charge is -2.18. The van der Waals surface area contributed by atoms with Crippen LogP contribution >= 0.6 is 34.8 Å². The van der Waals surface area contributed by atoms with Crippen LogP contribution in [0.5, 0.6) is 5.75 Å². The van der Waals surface area contributed by atoms with E-state index in [9.17, 15) is 14.4 Å². The van der Waals surface area contributed by atoms with Gasteiger partial charge >= 0.3 is 0 Å². The van der Waals surface area contributed by atoms with E-state index in [1.807, 2.05) is 0 Å². The van der Waals surface area contributed by atoms with Crippen LogP contribution in [0.4, 0.5) is 5.69 Å². The summed E-state index contributed by atoms with van der Waals surface area (Å²) in [4.78, 5) is 37.7. The van der Waals surface area contributed by atoms with Gasteiger partial charge < -0.3 is 10.1 Å². The monoisotopic (exact) mass is 459 g/mol. The molecule has 150 valence electrons. The van der Waals surface area contributed by atoms with Crippen molar-refractivity contribution in [2.45, 2.75) is 0 Å². The van der Waals surface area contributed by atoms with E-state index in [0.717, 1.165) is 0 Å². The fourth-order valence-corrected chi connectivity index (χ4v) is 4.10. The molecule has 0 bridgehead atoms. The molecule has 0 radical (unpaired) electrons. The topological polar surface area (TPSA) is 72.5 Å². The Kier molecular flexibility index (Phi) is 5.52. The maximum absolute atomic E-state index is 12.8. The van der Waals surface area contributed by atoms with Gasteiger partial charge in [-0.25, -0.2) is 0 Å². The van der Waals surface area contributed by atoms with Crippen molar-refractivity contribution < 1.29 is 19.1 Å². The molecule has 0 aromatic heterocycles. The first kappa shape index (κ1) is 20.4. The van der Waals surface area contributed by atoms with Crippen LogP contribution in [-0.4, -0.2) is 24.1 Å². The van der Waals surface area contributed by atoms with Crippen molar-refractivity contribution in [3.63, 3.8) is 0 Å². The third-order valence-electron chi connectivity index (χ3n) is 4.52. The number of ketones is 2. The Balaban J connectivity index is 1.51. The summed E-state index contributed by atoms with van der Waals surface area (Å²) in [6.07, 6.45) is 0. The van der Waals surface area contributed by atoms with Crippen molar-refractivity contribution in [1.29, 1.82) is 0 Å². The van der Waals surface area contributed by atoms with Crippen LogP contribution in [0, 0.1) is 0 Å². The van der Waals surface area contributed by atoms with Crippen molar-refractivity contribution in [1.82, 2.24) is 0 Å². The fraction of sp³-hybridized carbons (Fsp3) is 0.0455. The molecule has 0 heterocycles. The molecule has 0 saturated heterocycles. The standard InChI is InChI=1S/C22H12Cl3NO4/c23-11-7-17(24)22(18(25)8-11)30-10-19(27)26-12-5-6-15-16(9-12)21(29)14-4-2-1-3-13(14)20(15)28/h1-9H,10H2,(H,26,27). The van der Waals surface area contributed by atoms with E-state index in [2.05, 4.69) is 5.32 Å². The highest BCUT2D eigenvalue weighted by atomic mass is 35.5. The van der Waals surface area contributed by atoms with Crippen LogP contribution in [0.15, 0.2) is 54.6 Å². The fourth-order valence-electron chi connectivity index (χ4n) is 3.18. The van der Waals surface area contributed by atoms with Crippen LogP contribution in [0.25, 0.3) is 0 Å². The molecule has 0 saturated carbocycles. The summed E-state index contributed by atoms with van der Waals surface area (Å²) in [5, 5.41) is 3.33. The first-order valence-corrected chi connectivity index (χ1v) is 9.88. The normalized spacial score (nSPS) is 12.2. The Morgan fingerprint density at radius 3 is 2.00 bits per heavy atom. The molecular formula is C22H12Cl3NO4. The number of halogens is 3. The van der Waals surface area contributed by atoms with E-state index in [1.54, 1.807) is 30.3 Å². The van der Waals surface area contributed by atoms with Gasteiger partial charge in [-0.15, -0.1) is 0 Å². The second-order valence-electron chi connectivity index (χ2n) is 6.50. The highest BCUT2D eigenvalue weighted by Gasteiger charge is 2.29. The second-order valence-corrected chi connectivity index (χ2v) is 7.75. The molecule has 8 heteroatoms. The van der Waals surface area contributed by atoms with Gasteiger partial charge in [0, 0.05) is 33.0 Å². The van der Waals surface area contributed by atoms with Gasteiger partial charge in [0.25, 0.3) is 5.91 Å². The highest BCUT2D eigenvalue weighted by Crippen LogP contribution is 2.36. The Hall–Kier alpha value is -2.86. The maximum atomic E-state index is 12.8. The molecular weight excluding hydrogens is 449 g/mol. The molecule has 5 nitrogen and oxygen atoms in total.